The van der Waals surface area contributed by atoms with Crippen LogP contribution in [0, 0.1) is 0 Å². The van der Waals surface area contributed by atoms with E-state index in [1.54, 1.807) is 0 Å². The number of thioether (sulfide) groups is 1. The minimum Gasteiger partial charge on any atom is -0.346 e. The van der Waals surface area contributed by atoms with Gasteiger partial charge >= 0.3 is 0 Å². The van der Waals surface area contributed by atoms with Crippen molar-refractivity contribution in [3.8, 4) is 0 Å². The molecule has 0 aliphatic carbocycles. The molecule has 10 heavy (non-hydrogen) atoms. The third-order valence-corrected chi connectivity index (χ3v) is 1.67. The molecule has 0 aliphatic rings. The van der Waals surface area contributed by atoms with Crippen molar-refractivity contribution in [2.45, 2.75) is 6.92 Å². The van der Waals surface area contributed by atoms with E-state index in [9.17, 15) is 9.59 Å². The van der Waals surface area contributed by atoms with Gasteiger partial charge in [0.15, 0.2) is 5.12 Å². The molecule has 58 valence electrons. The Balaban J connectivity index is 3.20. The zero-order valence-corrected chi connectivity index (χ0v) is 7.30. The summed E-state index contributed by atoms with van der Waals surface area (Å²) in [6.45, 7) is 1.46. The van der Waals surface area contributed by atoms with Gasteiger partial charge in [-0.1, -0.05) is 11.8 Å². The van der Waals surface area contributed by atoms with Crippen molar-refractivity contribution in [1.29, 1.82) is 0 Å². The molecule has 0 unspecified atom stereocenters. The Kier molecular flexibility index (Phi) is 5.52. The average Bonchev–Trinajstić information content (AvgIpc) is 1.87. The second-order valence-corrected chi connectivity index (χ2v) is 3.01. The first-order valence-electron chi connectivity index (χ1n) is 2.67. The molecule has 0 aliphatic heterocycles. The molecule has 0 aromatic heterocycles. The van der Waals surface area contributed by atoms with Crippen molar-refractivity contribution in [1.82, 2.24) is 5.32 Å². The minimum absolute atomic E-state index is 0.000496. The fourth-order valence-electron chi connectivity index (χ4n) is 0.274. The number of hydrogen-bond donors (Lipinski definition) is 2. The molecule has 0 fully saturated rings. The van der Waals surface area contributed by atoms with E-state index in [-0.39, 0.29) is 16.8 Å². The van der Waals surface area contributed by atoms with Gasteiger partial charge in [-0.25, -0.2) is 0 Å². The molecular weight excluding hydrogens is 170 g/mol. The Morgan fingerprint density at radius 3 is 2.60 bits per heavy atom. The zero-order chi connectivity index (χ0) is 7.98. The Morgan fingerprint density at radius 2 is 2.20 bits per heavy atom. The maximum absolute atomic E-state index is 10.5. The Labute approximate surface area is 69.4 Å². The van der Waals surface area contributed by atoms with Crippen molar-refractivity contribution in [2.24, 2.45) is 0 Å². The number of hydrogen-bond acceptors (Lipinski definition) is 4. The second kappa shape index (κ2) is 5.61. The molecule has 0 saturated heterocycles. The molecule has 5 heteroatoms. The molecule has 1 N–H and O–H groups in total. The predicted octanol–water partition coefficient (Wildman–Crippen LogP) is 0.270. The maximum Gasteiger partial charge on any atom is 0.230 e. The van der Waals surface area contributed by atoms with Gasteiger partial charge in [-0.2, -0.15) is 12.6 Å². The lowest BCUT2D eigenvalue weighted by Crippen LogP contribution is -2.24. The second-order valence-electron chi connectivity index (χ2n) is 1.54. The van der Waals surface area contributed by atoms with E-state index in [1.807, 2.05) is 0 Å². The molecule has 0 saturated carbocycles. The van der Waals surface area contributed by atoms with E-state index in [0.717, 1.165) is 11.8 Å². The van der Waals surface area contributed by atoms with E-state index in [4.69, 9.17) is 0 Å². The topological polar surface area (TPSA) is 46.2 Å². The standard InChI is InChI=1S/C5H9NO2S2/c1-4(7)10-3-6-5(8)2-9/h9H,2-3H2,1H3,(H,6,8). The van der Waals surface area contributed by atoms with Crippen LogP contribution in [0.5, 0.6) is 0 Å². The molecule has 0 bridgehead atoms. The summed E-state index contributed by atoms with van der Waals surface area (Å²) in [7, 11) is 0. The summed E-state index contributed by atoms with van der Waals surface area (Å²) in [5.74, 6) is 0.352. The van der Waals surface area contributed by atoms with Crippen LogP contribution in [0.4, 0.5) is 0 Å². The summed E-state index contributed by atoms with van der Waals surface area (Å²) in [5, 5.41) is 2.49. The summed E-state index contributed by atoms with van der Waals surface area (Å²) in [6.07, 6.45) is 0. The van der Waals surface area contributed by atoms with Crippen molar-refractivity contribution in [3.63, 3.8) is 0 Å². The largest absolute Gasteiger partial charge is 0.346 e. The first-order valence-corrected chi connectivity index (χ1v) is 4.29. The van der Waals surface area contributed by atoms with Crippen LogP contribution in [0.25, 0.3) is 0 Å². The monoisotopic (exact) mass is 179 g/mol. The van der Waals surface area contributed by atoms with Crippen molar-refractivity contribution < 1.29 is 9.59 Å². The fraction of sp³-hybridized carbons (Fsp3) is 0.600. The van der Waals surface area contributed by atoms with Crippen LogP contribution in [0.15, 0.2) is 0 Å². The Hall–Kier alpha value is -0.160. The molecule has 0 aromatic rings. The van der Waals surface area contributed by atoms with Crippen LogP contribution in [-0.4, -0.2) is 22.7 Å². The maximum atomic E-state index is 10.5. The van der Waals surface area contributed by atoms with Crippen molar-refractivity contribution >= 4 is 35.4 Å². The summed E-state index contributed by atoms with van der Waals surface area (Å²) in [5.41, 5.74) is 0. The SMILES string of the molecule is CC(=O)SCNC(=O)CS. The molecule has 0 radical (unpaired) electrons. The van der Waals surface area contributed by atoms with Crippen LogP contribution in [0.1, 0.15) is 6.92 Å². The van der Waals surface area contributed by atoms with Crippen LogP contribution in [-0.2, 0) is 9.59 Å². The smallest absolute Gasteiger partial charge is 0.230 e. The molecule has 0 heterocycles. The molecule has 1 amide bonds. The van der Waals surface area contributed by atoms with Gasteiger partial charge in [0.1, 0.15) is 0 Å². The summed E-state index contributed by atoms with van der Waals surface area (Å²) in [4.78, 5) is 20.8. The van der Waals surface area contributed by atoms with E-state index in [1.165, 1.54) is 6.92 Å². The highest BCUT2D eigenvalue weighted by molar-refractivity contribution is 8.13. The van der Waals surface area contributed by atoms with Gasteiger partial charge in [0.25, 0.3) is 0 Å². The van der Waals surface area contributed by atoms with Crippen LogP contribution < -0.4 is 5.32 Å². The number of carbonyl (C=O) groups excluding carboxylic acids is 2. The minimum atomic E-state index is -0.155. The van der Waals surface area contributed by atoms with Crippen molar-refractivity contribution in [3.05, 3.63) is 0 Å². The lowest BCUT2D eigenvalue weighted by Gasteiger charge is -1.98. The molecule has 0 spiro atoms. The first kappa shape index (κ1) is 9.84. The van der Waals surface area contributed by atoms with Gasteiger partial charge < -0.3 is 5.32 Å². The van der Waals surface area contributed by atoms with Gasteiger partial charge in [0.2, 0.25) is 5.91 Å². The van der Waals surface area contributed by atoms with Crippen LogP contribution >= 0.6 is 24.4 Å². The lowest BCUT2D eigenvalue weighted by atomic mass is 10.7. The van der Waals surface area contributed by atoms with E-state index >= 15 is 0 Å². The van der Waals surface area contributed by atoms with Crippen LogP contribution in [0.2, 0.25) is 0 Å². The van der Waals surface area contributed by atoms with Gasteiger partial charge in [-0.3, -0.25) is 9.59 Å². The highest BCUT2D eigenvalue weighted by atomic mass is 32.2. The van der Waals surface area contributed by atoms with E-state index < -0.39 is 0 Å². The highest BCUT2D eigenvalue weighted by Crippen LogP contribution is 1.96. The van der Waals surface area contributed by atoms with E-state index in [2.05, 4.69) is 17.9 Å². The number of rotatable bonds is 3. The van der Waals surface area contributed by atoms with Crippen molar-refractivity contribution in [2.75, 3.05) is 11.6 Å². The Bertz CT molecular complexity index is 138. The third kappa shape index (κ3) is 5.97. The quantitative estimate of drug-likeness (QED) is 0.483. The summed E-state index contributed by atoms with van der Waals surface area (Å²) < 4.78 is 0. The number of amides is 1. The van der Waals surface area contributed by atoms with Gasteiger partial charge in [-0.05, 0) is 0 Å². The molecule has 0 rings (SSSR count). The number of carbonyl (C=O) groups is 2. The summed E-state index contributed by atoms with van der Waals surface area (Å²) >= 11 is 4.80. The summed E-state index contributed by atoms with van der Waals surface area (Å²) in [6, 6.07) is 0. The third-order valence-electron chi connectivity index (χ3n) is 0.688. The molecule has 0 aromatic carbocycles. The van der Waals surface area contributed by atoms with Crippen LogP contribution in [0.3, 0.4) is 0 Å². The normalized spacial score (nSPS) is 9.00. The fourth-order valence-corrected chi connectivity index (χ4v) is 0.822. The predicted molar refractivity (Wildman–Crippen MR) is 45.1 cm³/mol. The number of nitrogens with one attached hydrogen (secondary N) is 1. The first-order chi connectivity index (χ1) is 4.66. The average molecular weight is 179 g/mol. The van der Waals surface area contributed by atoms with E-state index in [0.29, 0.717) is 5.88 Å². The lowest BCUT2D eigenvalue weighted by molar-refractivity contribution is -0.118. The highest BCUT2D eigenvalue weighted by Gasteiger charge is 1.96. The van der Waals surface area contributed by atoms with Gasteiger partial charge in [0.05, 0.1) is 11.6 Å². The van der Waals surface area contributed by atoms with Gasteiger partial charge in [-0.15, -0.1) is 0 Å². The molecular formula is C5H9NO2S2. The van der Waals surface area contributed by atoms with Gasteiger partial charge in [0, 0.05) is 6.92 Å². The number of thiol groups is 1. The Morgan fingerprint density at radius 1 is 1.60 bits per heavy atom. The zero-order valence-electron chi connectivity index (χ0n) is 5.59. The molecule has 0 atom stereocenters. The molecule has 3 nitrogen and oxygen atoms in total.